The van der Waals surface area contributed by atoms with Gasteiger partial charge in [-0.15, -0.1) is 0 Å². The molecule has 4 nitrogen and oxygen atoms in total. The molecule has 0 radical (unpaired) electrons. The summed E-state index contributed by atoms with van der Waals surface area (Å²) in [4.78, 5) is 10.5. The molecular formula is C14H12BrFN2O2. The second-order valence-electron chi connectivity index (χ2n) is 4.30. The Labute approximate surface area is 123 Å². The lowest BCUT2D eigenvalue weighted by molar-refractivity contribution is -0.385. The van der Waals surface area contributed by atoms with Crippen LogP contribution in [0, 0.1) is 22.9 Å². The number of nitro groups is 1. The van der Waals surface area contributed by atoms with Crippen LogP contribution in [0.1, 0.15) is 11.1 Å². The first-order valence-corrected chi connectivity index (χ1v) is 6.70. The summed E-state index contributed by atoms with van der Waals surface area (Å²) in [7, 11) is 0. The van der Waals surface area contributed by atoms with Crippen LogP contribution in [-0.4, -0.2) is 4.92 Å². The van der Waals surface area contributed by atoms with Crippen molar-refractivity contribution in [2.24, 2.45) is 0 Å². The maximum Gasteiger partial charge on any atom is 0.272 e. The molecule has 2 aromatic carbocycles. The van der Waals surface area contributed by atoms with Crippen molar-refractivity contribution in [1.29, 1.82) is 0 Å². The van der Waals surface area contributed by atoms with Crippen LogP contribution in [0.4, 0.5) is 15.8 Å². The Morgan fingerprint density at radius 2 is 2.10 bits per heavy atom. The highest BCUT2D eigenvalue weighted by atomic mass is 79.9. The molecule has 104 valence electrons. The molecular weight excluding hydrogens is 327 g/mol. The summed E-state index contributed by atoms with van der Waals surface area (Å²) < 4.78 is 13.5. The Bertz CT molecular complexity index is 662. The number of rotatable bonds is 4. The van der Waals surface area contributed by atoms with Gasteiger partial charge < -0.3 is 5.32 Å². The van der Waals surface area contributed by atoms with E-state index in [1.54, 1.807) is 25.1 Å². The maximum absolute atomic E-state index is 13.1. The molecule has 2 rings (SSSR count). The molecule has 0 aliphatic heterocycles. The van der Waals surface area contributed by atoms with E-state index in [-0.39, 0.29) is 11.5 Å². The quantitative estimate of drug-likeness (QED) is 0.663. The highest BCUT2D eigenvalue weighted by molar-refractivity contribution is 9.10. The molecule has 0 saturated heterocycles. The van der Waals surface area contributed by atoms with Gasteiger partial charge in [-0.1, -0.05) is 12.1 Å². The number of nitrogens with zero attached hydrogens (tertiary/aromatic N) is 1. The van der Waals surface area contributed by atoms with E-state index < -0.39 is 4.92 Å². The van der Waals surface area contributed by atoms with Crippen LogP contribution in [-0.2, 0) is 6.54 Å². The highest BCUT2D eigenvalue weighted by Gasteiger charge is 2.12. The summed E-state index contributed by atoms with van der Waals surface area (Å²) >= 11 is 3.11. The van der Waals surface area contributed by atoms with Gasteiger partial charge in [0.2, 0.25) is 0 Å². The lowest BCUT2D eigenvalue weighted by atomic mass is 10.1. The van der Waals surface area contributed by atoms with Crippen LogP contribution in [0.2, 0.25) is 0 Å². The molecule has 0 unspecified atom stereocenters. The lowest BCUT2D eigenvalue weighted by Gasteiger charge is -2.10. The van der Waals surface area contributed by atoms with E-state index in [0.29, 0.717) is 16.6 Å². The fraction of sp³-hybridized carbons (Fsp3) is 0.143. The molecule has 0 aliphatic rings. The second kappa shape index (κ2) is 6.00. The monoisotopic (exact) mass is 338 g/mol. The van der Waals surface area contributed by atoms with Crippen molar-refractivity contribution in [1.82, 2.24) is 0 Å². The van der Waals surface area contributed by atoms with Gasteiger partial charge in [0.1, 0.15) is 5.82 Å². The first-order valence-electron chi connectivity index (χ1n) is 5.91. The number of nitrogens with one attached hydrogen (secondary N) is 1. The third-order valence-corrected chi connectivity index (χ3v) is 3.62. The zero-order chi connectivity index (χ0) is 14.7. The third kappa shape index (κ3) is 3.14. The number of nitro benzene ring substituents is 1. The van der Waals surface area contributed by atoms with E-state index in [2.05, 4.69) is 21.2 Å². The largest absolute Gasteiger partial charge is 0.381 e. The van der Waals surface area contributed by atoms with Gasteiger partial charge in [-0.3, -0.25) is 10.1 Å². The van der Waals surface area contributed by atoms with Crippen molar-refractivity contribution >= 4 is 27.3 Å². The molecule has 0 heterocycles. The third-order valence-electron chi connectivity index (χ3n) is 3.02. The first-order chi connectivity index (χ1) is 9.49. The van der Waals surface area contributed by atoms with Crippen LogP contribution in [0.15, 0.2) is 40.9 Å². The van der Waals surface area contributed by atoms with Gasteiger partial charge in [-0.2, -0.15) is 0 Å². The van der Waals surface area contributed by atoms with Crippen molar-refractivity contribution in [3.63, 3.8) is 0 Å². The average Bonchev–Trinajstić information content (AvgIpc) is 2.41. The van der Waals surface area contributed by atoms with Gasteiger partial charge in [0.25, 0.3) is 5.69 Å². The number of hydrogen-bond acceptors (Lipinski definition) is 3. The molecule has 0 bridgehead atoms. The van der Waals surface area contributed by atoms with E-state index in [0.717, 1.165) is 11.3 Å². The summed E-state index contributed by atoms with van der Waals surface area (Å²) in [6.07, 6.45) is 0. The van der Waals surface area contributed by atoms with Crippen molar-refractivity contribution < 1.29 is 9.31 Å². The van der Waals surface area contributed by atoms with Crippen LogP contribution in [0.25, 0.3) is 0 Å². The fourth-order valence-electron chi connectivity index (χ4n) is 1.86. The van der Waals surface area contributed by atoms with Crippen molar-refractivity contribution in [2.75, 3.05) is 5.32 Å². The Balaban J connectivity index is 2.17. The highest BCUT2D eigenvalue weighted by Crippen LogP contribution is 2.23. The molecule has 0 spiro atoms. The van der Waals surface area contributed by atoms with Gasteiger partial charge in [0.15, 0.2) is 0 Å². The molecule has 20 heavy (non-hydrogen) atoms. The molecule has 6 heteroatoms. The summed E-state index contributed by atoms with van der Waals surface area (Å²) in [6, 6.07) is 9.56. The second-order valence-corrected chi connectivity index (χ2v) is 5.16. The fourth-order valence-corrected chi connectivity index (χ4v) is 2.24. The molecule has 0 atom stereocenters. The molecule has 0 fully saturated rings. The summed E-state index contributed by atoms with van der Waals surface area (Å²) in [5.41, 5.74) is 2.31. The number of hydrogen-bond donors (Lipinski definition) is 1. The van der Waals surface area contributed by atoms with Crippen LogP contribution < -0.4 is 5.32 Å². The zero-order valence-electron chi connectivity index (χ0n) is 10.7. The SMILES string of the molecule is Cc1c(CNc2ccc(F)c(Br)c2)cccc1[N+](=O)[O-]. The summed E-state index contributed by atoms with van der Waals surface area (Å²) in [6.45, 7) is 2.15. The normalized spacial score (nSPS) is 10.3. The number of anilines is 1. The first kappa shape index (κ1) is 14.5. The standard InChI is InChI=1S/C14H12BrFN2O2/c1-9-10(3-2-4-14(9)18(19)20)8-17-11-5-6-13(16)12(15)7-11/h2-7,17H,8H2,1H3. The smallest absolute Gasteiger partial charge is 0.272 e. The minimum absolute atomic E-state index is 0.101. The minimum Gasteiger partial charge on any atom is -0.381 e. The van der Waals surface area contributed by atoms with Crippen LogP contribution >= 0.6 is 15.9 Å². The van der Waals surface area contributed by atoms with Gasteiger partial charge in [0, 0.05) is 23.9 Å². The van der Waals surface area contributed by atoms with Gasteiger partial charge in [-0.25, -0.2) is 4.39 Å². The maximum atomic E-state index is 13.1. The average molecular weight is 339 g/mol. The van der Waals surface area contributed by atoms with Crippen LogP contribution in [0.3, 0.4) is 0 Å². The van der Waals surface area contributed by atoms with E-state index in [1.165, 1.54) is 12.1 Å². The van der Waals surface area contributed by atoms with Crippen molar-refractivity contribution in [2.45, 2.75) is 13.5 Å². The Morgan fingerprint density at radius 3 is 2.75 bits per heavy atom. The topological polar surface area (TPSA) is 55.2 Å². The Morgan fingerprint density at radius 1 is 1.35 bits per heavy atom. The number of halogens is 2. The van der Waals surface area contributed by atoms with Gasteiger partial charge >= 0.3 is 0 Å². The van der Waals surface area contributed by atoms with E-state index in [1.807, 2.05) is 6.07 Å². The molecule has 1 N–H and O–H groups in total. The molecule has 0 saturated carbocycles. The molecule has 2 aromatic rings. The predicted octanol–water partition coefficient (Wildman–Crippen LogP) is 4.42. The van der Waals surface area contributed by atoms with E-state index in [9.17, 15) is 14.5 Å². The predicted molar refractivity (Wildman–Crippen MR) is 79.3 cm³/mol. The summed E-state index contributed by atoms with van der Waals surface area (Å²) in [5.74, 6) is -0.331. The summed E-state index contributed by atoms with van der Waals surface area (Å²) in [5, 5.41) is 14.0. The zero-order valence-corrected chi connectivity index (χ0v) is 12.3. The lowest BCUT2D eigenvalue weighted by Crippen LogP contribution is -2.03. The minimum atomic E-state index is -0.396. The number of benzene rings is 2. The van der Waals surface area contributed by atoms with E-state index in [4.69, 9.17) is 0 Å². The molecule has 0 aromatic heterocycles. The Hall–Kier alpha value is -1.95. The molecule has 0 amide bonds. The van der Waals surface area contributed by atoms with Crippen molar-refractivity contribution in [3.05, 3.63) is 67.9 Å². The van der Waals surface area contributed by atoms with Crippen LogP contribution in [0.5, 0.6) is 0 Å². The Kier molecular flexibility index (Phi) is 4.34. The van der Waals surface area contributed by atoms with Crippen molar-refractivity contribution in [3.8, 4) is 0 Å². The van der Waals surface area contributed by atoms with Gasteiger partial charge in [-0.05, 0) is 46.6 Å². The van der Waals surface area contributed by atoms with Gasteiger partial charge in [0.05, 0.1) is 9.40 Å². The molecule has 0 aliphatic carbocycles. The van der Waals surface area contributed by atoms with E-state index >= 15 is 0 Å².